The summed E-state index contributed by atoms with van der Waals surface area (Å²) in [6.45, 7) is 2.46. The summed E-state index contributed by atoms with van der Waals surface area (Å²) < 4.78 is 22.9. The summed E-state index contributed by atoms with van der Waals surface area (Å²) in [6, 6.07) is 7.32. The van der Waals surface area contributed by atoms with Crippen LogP contribution < -0.4 is 4.90 Å². The van der Waals surface area contributed by atoms with Crippen LogP contribution in [-0.2, 0) is 14.6 Å². The van der Waals surface area contributed by atoms with Gasteiger partial charge in [-0.25, -0.2) is 8.42 Å². The van der Waals surface area contributed by atoms with Gasteiger partial charge in [0.25, 0.3) is 0 Å². The SMILES string of the molecule is C#Cc1cccc(N(CC)C(=O)CS[C@@H]2CCS(=O)(=O)C2)c1. The Morgan fingerprint density at radius 3 is 2.86 bits per heavy atom. The third kappa shape index (κ3) is 4.28. The number of anilines is 1. The molecule has 0 spiro atoms. The molecule has 1 saturated heterocycles. The highest BCUT2D eigenvalue weighted by molar-refractivity contribution is 8.02. The van der Waals surface area contributed by atoms with Crippen LogP contribution in [0.5, 0.6) is 0 Å². The second kappa shape index (κ2) is 7.21. The van der Waals surface area contributed by atoms with Crippen LogP contribution in [0.4, 0.5) is 5.69 Å². The molecule has 1 fully saturated rings. The fraction of sp³-hybridized carbons (Fsp3) is 0.438. The van der Waals surface area contributed by atoms with Crippen LogP contribution in [0.2, 0.25) is 0 Å². The summed E-state index contributed by atoms with van der Waals surface area (Å²) in [5, 5.41) is 0.0321. The zero-order valence-corrected chi connectivity index (χ0v) is 14.1. The summed E-state index contributed by atoms with van der Waals surface area (Å²) >= 11 is 1.43. The molecule has 0 aliphatic carbocycles. The first-order valence-corrected chi connectivity index (χ1v) is 10.0. The van der Waals surface area contributed by atoms with E-state index in [2.05, 4.69) is 5.92 Å². The molecule has 1 heterocycles. The van der Waals surface area contributed by atoms with Crippen molar-refractivity contribution >= 4 is 33.2 Å². The van der Waals surface area contributed by atoms with Gasteiger partial charge in [0.2, 0.25) is 5.91 Å². The van der Waals surface area contributed by atoms with E-state index in [9.17, 15) is 13.2 Å². The lowest BCUT2D eigenvalue weighted by Gasteiger charge is -2.21. The van der Waals surface area contributed by atoms with Crippen LogP contribution in [-0.4, -0.2) is 43.4 Å². The minimum atomic E-state index is -2.90. The summed E-state index contributed by atoms with van der Waals surface area (Å²) in [5.74, 6) is 3.25. The highest BCUT2D eigenvalue weighted by Crippen LogP contribution is 2.25. The highest BCUT2D eigenvalue weighted by atomic mass is 32.2. The van der Waals surface area contributed by atoms with Crippen molar-refractivity contribution in [2.45, 2.75) is 18.6 Å². The molecule has 1 aromatic rings. The topological polar surface area (TPSA) is 54.5 Å². The molecule has 1 aromatic carbocycles. The van der Waals surface area contributed by atoms with Crippen molar-refractivity contribution in [1.29, 1.82) is 0 Å². The largest absolute Gasteiger partial charge is 0.312 e. The Kier molecular flexibility index (Phi) is 5.54. The Bertz CT molecular complexity index is 692. The molecule has 22 heavy (non-hydrogen) atoms. The number of nitrogens with zero attached hydrogens (tertiary/aromatic N) is 1. The van der Waals surface area contributed by atoms with Crippen LogP contribution in [0.25, 0.3) is 0 Å². The molecule has 6 heteroatoms. The first-order chi connectivity index (χ1) is 10.4. The summed E-state index contributed by atoms with van der Waals surface area (Å²) in [7, 11) is -2.90. The predicted octanol–water partition coefficient (Wildman–Crippen LogP) is 1.94. The minimum absolute atomic E-state index is 0.0223. The number of thioether (sulfide) groups is 1. The van der Waals surface area contributed by atoms with E-state index in [4.69, 9.17) is 6.42 Å². The summed E-state index contributed by atoms with van der Waals surface area (Å²) in [6.07, 6.45) is 6.03. The van der Waals surface area contributed by atoms with Crippen molar-refractivity contribution in [3.05, 3.63) is 29.8 Å². The monoisotopic (exact) mass is 337 g/mol. The standard InChI is InChI=1S/C16H19NO3S2/c1-3-13-6-5-7-14(10-13)17(4-2)16(18)11-21-15-8-9-22(19,20)12-15/h1,5-7,10,15H,4,8-9,11-12H2,2H3/t15-/m1/s1. The number of amides is 1. The molecule has 1 amide bonds. The van der Waals surface area contributed by atoms with Crippen molar-refractivity contribution in [3.8, 4) is 12.3 Å². The van der Waals surface area contributed by atoms with Gasteiger partial charge in [-0.05, 0) is 31.5 Å². The number of hydrogen-bond donors (Lipinski definition) is 0. The third-order valence-electron chi connectivity index (χ3n) is 3.57. The maximum atomic E-state index is 12.4. The Labute approximate surface area is 136 Å². The number of terminal acetylenes is 1. The van der Waals surface area contributed by atoms with Gasteiger partial charge in [-0.15, -0.1) is 18.2 Å². The first kappa shape index (κ1) is 16.9. The van der Waals surface area contributed by atoms with Crippen LogP contribution in [0.1, 0.15) is 18.9 Å². The lowest BCUT2D eigenvalue weighted by atomic mass is 10.2. The van der Waals surface area contributed by atoms with Gasteiger partial charge in [-0.3, -0.25) is 4.79 Å². The lowest BCUT2D eigenvalue weighted by molar-refractivity contribution is -0.116. The number of rotatable bonds is 5. The zero-order chi connectivity index (χ0) is 16.2. The van der Waals surface area contributed by atoms with E-state index in [-0.39, 0.29) is 28.4 Å². The van der Waals surface area contributed by atoms with Crippen LogP contribution in [0.15, 0.2) is 24.3 Å². The van der Waals surface area contributed by atoms with Gasteiger partial charge in [-0.1, -0.05) is 12.0 Å². The average Bonchev–Trinajstić information content (AvgIpc) is 2.85. The molecule has 1 atom stereocenters. The van der Waals surface area contributed by atoms with Gasteiger partial charge in [0.1, 0.15) is 0 Å². The zero-order valence-electron chi connectivity index (χ0n) is 12.5. The van der Waals surface area contributed by atoms with Gasteiger partial charge in [0.15, 0.2) is 9.84 Å². The van der Waals surface area contributed by atoms with Gasteiger partial charge in [0, 0.05) is 23.0 Å². The third-order valence-corrected chi connectivity index (χ3v) is 6.84. The molecular weight excluding hydrogens is 318 g/mol. The number of benzene rings is 1. The minimum Gasteiger partial charge on any atom is -0.312 e. The van der Waals surface area contributed by atoms with Crippen molar-refractivity contribution < 1.29 is 13.2 Å². The maximum absolute atomic E-state index is 12.4. The molecule has 0 radical (unpaired) electrons. The Morgan fingerprint density at radius 2 is 2.27 bits per heavy atom. The maximum Gasteiger partial charge on any atom is 0.236 e. The number of sulfone groups is 1. The number of hydrogen-bond acceptors (Lipinski definition) is 4. The van der Waals surface area contributed by atoms with Gasteiger partial charge in [0.05, 0.1) is 17.3 Å². The van der Waals surface area contributed by atoms with Crippen LogP contribution >= 0.6 is 11.8 Å². The quantitative estimate of drug-likeness (QED) is 0.771. The molecule has 2 rings (SSSR count). The molecule has 0 N–H and O–H groups in total. The number of carbonyl (C=O) groups is 1. The number of carbonyl (C=O) groups excluding carboxylic acids is 1. The van der Waals surface area contributed by atoms with E-state index in [1.807, 2.05) is 31.2 Å². The molecule has 1 aliphatic heterocycles. The Hall–Kier alpha value is -1.45. The second-order valence-electron chi connectivity index (χ2n) is 5.17. The van der Waals surface area contributed by atoms with E-state index in [1.165, 1.54) is 11.8 Å². The van der Waals surface area contributed by atoms with Crippen molar-refractivity contribution in [3.63, 3.8) is 0 Å². The van der Waals surface area contributed by atoms with E-state index in [0.717, 1.165) is 11.3 Å². The molecule has 1 aliphatic rings. The first-order valence-electron chi connectivity index (χ1n) is 7.14. The highest BCUT2D eigenvalue weighted by Gasteiger charge is 2.29. The Balaban J connectivity index is 1.99. The van der Waals surface area contributed by atoms with Crippen LogP contribution in [0, 0.1) is 12.3 Å². The molecule has 0 bridgehead atoms. The molecule has 0 unspecified atom stereocenters. The van der Waals surface area contributed by atoms with Gasteiger partial charge >= 0.3 is 0 Å². The molecule has 0 aromatic heterocycles. The Morgan fingerprint density at radius 1 is 1.50 bits per heavy atom. The fourth-order valence-electron chi connectivity index (χ4n) is 2.43. The van der Waals surface area contributed by atoms with E-state index < -0.39 is 9.84 Å². The van der Waals surface area contributed by atoms with E-state index in [0.29, 0.717) is 13.0 Å². The molecule has 4 nitrogen and oxygen atoms in total. The van der Waals surface area contributed by atoms with Crippen molar-refractivity contribution in [2.75, 3.05) is 28.7 Å². The van der Waals surface area contributed by atoms with E-state index >= 15 is 0 Å². The lowest BCUT2D eigenvalue weighted by Crippen LogP contribution is -2.32. The van der Waals surface area contributed by atoms with Crippen molar-refractivity contribution in [1.82, 2.24) is 0 Å². The predicted molar refractivity (Wildman–Crippen MR) is 91.9 cm³/mol. The molecule has 118 valence electrons. The average molecular weight is 337 g/mol. The smallest absolute Gasteiger partial charge is 0.236 e. The second-order valence-corrected chi connectivity index (χ2v) is 8.69. The molecular formula is C16H19NO3S2. The molecule has 0 saturated carbocycles. The van der Waals surface area contributed by atoms with Crippen molar-refractivity contribution in [2.24, 2.45) is 0 Å². The van der Waals surface area contributed by atoms with Gasteiger partial charge in [-0.2, -0.15) is 0 Å². The summed E-state index contributed by atoms with van der Waals surface area (Å²) in [5.41, 5.74) is 1.51. The fourth-order valence-corrected chi connectivity index (χ4v) is 5.94. The van der Waals surface area contributed by atoms with Gasteiger partial charge < -0.3 is 4.90 Å². The normalized spacial score (nSPS) is 19.5. The summed E-state index contributed by atoms with van der Waals surface area (Å²) in [4.78, 5) is 14.1. The van der Waals surface area contributed by atoms with E-state index in [1.54, 1.807) is 4.90 Å². The van der Waals surface area contributed by atoms with Crippen LogP contribution in [0.3, 0.4) is 0 Å².